The number of rotatable bonds is 6. The standard InChI is InChI=1S/C15H12IN3O5/c16-11-7-10(5-6-13(11)20)8-17-18-15(21)9-24-14-4-2-1-3-12(14)19(22)23/h1-8,20H,9H2,(H,18,21)/b17-8-. The summed E-state index contributed by atoms with van der Waals surface area (Å²) in [5.41, 5.74) is 2.73. The number of nitrogens with zero attached hydrogens (tertiary/aromatic N) is 2. The van der Waals surface area contributed by atoms with Crippen LogP contribution in [0, 0.1) is 13.7 Å². The Labute approximate surface area is 150 Å². The summed E-state index contributed by atoms with van der Waals surface area (Å²) < 4.78 is 5.79. The monoisotopic (exact) mass is 441 g/mol. The molecule has 0 atom stereocenters. The molecule has 24 heavy (non-hydrogen) atoms. The first-order chi connectivity index (χ1) is 11.5. The Morgan fingerprint density at radius 3 is 2.83 bits per heavy atom. The lowest BCUT2D eigenvalue weighted by Crippen LogP contribution is -2.24. The summed E-state index contributed by atoms with van der Waals surface area (Å²) in [7, 11) is 0. The van der Waals surface area contributed by atoms with Crippen molar-refractivity contribution in [3.05, 3.63) is 61.7 Å². The third-order valence-electron chi connectivity index (χ3n) is 2.80. The van der Waals surface area contributed by atoms with Gasteiger partial charge in [0.25, 0.3) is 5.91 Å². The highest BCUT2D eigenvalue weighted by Crippen LogP contribution is 2.25. The molecule has 0 unspecified atom stereocenters. The van der Waals surface area contributed by atoms with Crippen molar-refractivity contribution in [2.45, 2.75) is 0 Å². The Kier molecular flexibility index (Phi) is 6.07. The van der Waals surface area contributed by atoms with E-state index < -0.39 is 17.4 Å². The molecule has 9 heteroatoms. The van der Waals surface area contributed by atoms with E-state index in [4.69, 9.17) is 4.74 Å². The molecule has 0 saturated carbocycles. The van der Waals surface area contributed by atoms with Gasteiger partial charge in [0.05, 0.1) is 14.7 Å². The molecule has 0 aliphatic heterocycles. The number of carbonyl (C=O) groups is 1. The molecule has 2 aromatic rings. The van der Waals surface area contributed by atoms with Crippen LogP contribution in [0.4, 0.5) is 5.69 Å². The topological polar surface area (TPSA) is 114 Å². The van der Waals surface area contributed by atoms with Crippen LogP contribution in [-0.2, 0) is 4.79 Å². The van der Waals surface area contributed by atoms with Gasteiger partial charge in [0.2, 0.25) is 0 Å². The van der Waals surface area contributed by atoms with Crippen LogP contribution in [-0.4, -0.2) is 28.8 Å². The molecule has 1 amide bonds. The molecule has 0 saturated heterocycles. The number of hydrogen-bond acceptors (Lipinski definition) is 6. The predicted molar refractivity (Wildman–Crippen MR) is 95.2 cm³/mol. The number of aromatic hydroxyl groups is 1. The first-order valence-corrected chi connectivity index (χ1v) is 7.72. The summed E-state index contributed by atoms with van der Waals surface area (Å²) >= 11 is 1.97. The Bertz CT molecular complexity index is 794. The molecule has 0 fully saturated rings. The Morgan fingerprint density at radius 2 is 2.12 bits per heavy atom. The fourth-order valence-corrected chi connectivity index (χ4v) is 2.23. The summed E-state index contributed by atoms with van der Waals surface area (Å²) in [6.45, 7) is -0.407. The number of ether oxygens (including phenoxy) is 1. The normalized spacial score (nSPS) is 10.5. The Morgan fingerprint density at radius 1 is 1.38 bits per heavy atom. The molecule has 2 rings (SSSR count). The van der Waals surface area contributed by atoms with Crippen molar-refractivity contribution in [1.82, 2.24) is 5.43 Å². The van der Waals surface area contributed by atoms with Gasteiger partial charge in [-0.25, -0.2) is 5.43 Å². The van der Waals surface area contributed by atoms with Crippen molar-refractivity contribution in [3.8, 4) is 11.5 Å². The molecule has 0 aliphatic rings. The van der Waals surface area contributed by atoms with E-state index in [1.165, 1.54) is 30.5 Å². The maximum atomic E-state index is 11.6. The van der Waals surface area contributed by atoms with E-state index in [2.05, 4.69) is 10.5 Å². The van der Waals surface area contributed by atoms with Crippen LogP contribution in [0.1, 0.15) is 5.56 Å². The van der Waals surface area contributed by atoms with Gasteiger partial charge in [-0.15, -0.1) is 0 Å². The second kappa shape index (κ2) is 8.24. The van der Waals surface area contributed by atoms with Gasteiger partial charge in [0.15, 0.2) is 12.4 Å². The molecule has 0 aromatic heterocycles. The van der Waals surface area contributed by atoms with Crippen LogP contribution in [0.2, 0.25) is 0 Å². The second-order valence-electron chi connectivity index (χ2n) is 4.52. The number of halogens is 1. The number of hydrogen-bond donors (Lipinski definition) is 2. The van der Waals surface area contributed by atoms with E-state index in [1.54, 1.807) is 18.2 Å². The minimum atomic E-state index is -0.585. The van der Waals surface area contributed by atoms with Crippen LogP contribution >= 0.6 is 22.6 Å². The number of benzene rings is 2. The highest BCUT2D eigenvalue weighted by atomic mass is 127. The SMILES string of the molecule is O=C(COc1ccccc1[N+](=O)[O-])N/N=C\c1ccc(O)c(I)c1. The number of para-hydroxylation sites is 2. The van der Waals surface area contributed by atoms with E-state index in [9.17, 15) is 20.0 Å². The molecule has 2 N–H and O–H groups in total. The summed E-state index contributed by atoms with van der Waals surface area (Å²) in [6, 6.07) is 10.6. The lowest BCUT2D eigenvalue weighted by atomic mass is 10.2. The first kappa shape index (κ1) is 17.7. The van der Waals surface area contributed by atoms with E-state index in [0.717, 1.165) is 0 Å². The van der Waals surface area contributed by atoms with Gasteiger partial charge in [-0.2, -0.15) is 5.10 Å². The summed E-state index contributed by atoms with van der Waals surface area (Å²) in [5, 5.41) is 24.0. The van der Waals surface area contributed by atoms with Crippen molar-refractivity contribution in [2.24, 2.45) is 5.10 Å². The number of phenolic OH excluding ortho intramolecular Hbond substituents is 1. The molecule has 2 aromatic carbocycles. The van der Waals surface area contributed by atoms with Gasteiger partial charge in [-0.1, -0.05) is 12.1 Å². The van der Waals surface area contributed by atoms with E-state index >= 15 is 0 Å². The number of nitrogens with one attached hydrogen (secondary N) is 1. The molecule has 0 aliphatic carbocycles. The van der Waals surface area contributed by atoms with E-state index in [0.29, 0.717) is 9.13 Å². The van der Waals surface area contributed by atoms with E-state index in [1.807, 2.05) is 22.6 Å². The summed E-state index contributed by atoms with van der Waals surface area (Å²) in [6.07, 6.45) is 1.41. The van der Waals surface area contributed by atoms with Crippen molar-refractivity contribution in [3.63, 3.8) is 0 Å². The van der Waals surface area contributed by atoms with Gasteiger partial charge in [0, 0.05) is 6.07 Å². The number of amides is 1. The maximum Gasteiger partial charge on any atom is 0.310 e. The maximum absolute atomic E-state index is 11.6. The molecular formula is C15H12IN3O5. The molecule has 8 nitrogen and oxygen atoms in total. The van der Waals surface area contributed by atoms with Gasteiger partial charge in [0.1, 0.15) is 5.75 Å². The number of nitro groups is 1. The minimum absolute atomic E-state index is 0.00900. The third-order valence-corrected chi connectivity index (χ3v) is 3.66. The highest BCUT2D eigenvalue weighted by Gasteiger charge is 2.14. The van der Waals surface area contributed by atoms with Crippen LogP contribution in [0.15, 0.2) is 47.6 Å². The third kappa shape index (κ3) is 4.91. The highest BCUT2D eigenvalue weighted by molar-refractivity contribution is 14.1. The van der Waals surface area contributed by atoms with Crippen LogP contribution in [0.5, 0.6) is 11.5 Å². The number of phenols is 1. The minimum Gasteiger partial charge on any atom is -0.507 e. The fraction of sp³-hybridized carbons (Fsp3) is 0.0667. The second-order valence-corrected chi connectivity index (χ2v) is 5.68. The average Bonchev–Trinajstić information content (AvgIpc) is 2.56. The van der Waals surface area contributed by atoms with Crippen molar-refractivity contribution in [2.75, 3.05) is 6.61 Å². The summed E-state index contributed by atoms with van der Waals surface area (Å²) in [4.78, 5) is 21.9. The molecule has 124 valence electrons. The zero-order valence-electron chi connectivity index (χ0n) is 12.2. The van der Waals surface area contributed by atoms with Crippen LogP contribution in [0.3, 0.4) is 0 Å². The van der Waals surface area contributed by atoms with Gasteiger partial charge >= 0.3 is 5.69 Å². The Balaban J connectivity index is 1.89. The quantitative estimate of drug-likeness (QED) is 0.310. The lowest BCUT2D eigenvalue weighted by Gasteiger charge is -2.05. The van der Waals surface area contributed by atoms with Crippen molar-refractivity contribution >= 4 is 40.4 Å². The molecular weight excluding hydrogens is 429 g/mol. The molecule has 0 bridgehead atoms. The average molecular weight is 441 g/mol. The fourth-order valence-electron chi connectivity index (χ4n) is 1.69. The number of hydrazone groups is 1. The predicted octanol–water partition coefficient (Wildman–Crippen LogP) is 2.43. The largest absolute Gasteiger partial charge is 0.507 e. The van der Waals surface area contributed by atoms with Gasteiger partial charge in [-0.05, 0) is 52.4 Å². The van der Waals surface area contributed by atoms with Gasteiger partial charge < -0.3 is 9.84 Å². The molecule has 0 heterocycles. The zero-order valence-corrected chi connectivity index (χ0v) is 14.3. The number of carbonyl (C=O) groups excluding carboxylic acids is 1. The van der Waals surface area contributed by atoms with Crippen molar-refractivity contribution in [1.29, 1.82) is 0 Å². The lowest BCUT2D eigenvalue weighted by molar-refractivity contribution is -0.385. The Hall–Kier alpha value is -2.69. The van der Waals surface area contributed by atoms with Crippen LogP contribution in [0.25, 0.3) is 0 Å². The number of nitro benzene ring substituents is 1. The summed E-state index contributed by atoms with van der Waals surface area (Å²) in [5.74, 6) is -0.387. The molecule has 0 spiro atoms. The molecule has 0 radical (unpaired) electrons. The van der Waals surface area contributed by atoms with E-state index in [-0.39, 0.29) is 17.2 Å². The zero-order chi connectivity index (χ0) is 17.5. The van der Waals surface area contributed by atoms with Gasteiger partial charge in [-0.3, -0.25) is 14.9 Å². The first-order valence-electron chi connectivity index (χ1n) is 6.64. The van der Waals surface area contributed by atoms with Crippen molar-refractivity contribution < 1.29 is 19.6 Å². The van der Waals surface area contributed by atoms with Crippen LogP contribution < -0.4 is 10.2 Å². The smallest absolute Gasteiger partial charge is 0.310 e.